The maximum absolute atomic E-state index is 13.1. The Morgan fingerprint density at radius 1 is 1.36 bits per heavy atom. The molecule has 3 fully saturated rings. The summed E-state index contributed by atoms with van der Waals surface area (Å²) < 4.78 is 5.19. The minimum atomic E-state index is -0.463. The number of carbonyl (C=O) groups excluding carboxylic acids is 2. The zero-order chi connectivity index (χ0) is 17.4. The number of Topliss-reactive ketones (excluding diaryl/α,β-unsaturated/α-hetero) is 1. The molecule has 3 heterocycles. The van der Waals surface area contributed by atoms with Crippen LogP contribution < -0.4 is 4.90 Å². The van der Waals surface area contributed by atoms with E-state index in [0.29, 0.717) is 18.6 Å². The van der Waals surface area contributed by atoms with Crippen LogP contribution in [0, 0.1) is 5.92 Å². The molecule has 2 bridgehead atoms. The number of hydrogen-bond donors (Lipinski definition) is 0. The van der Waals surface area contributed by atoms with Crippen LogP contribution in [0.3, 0.4) is 0 Å². The molecule has 1 aromatic rings. The Hall–Kier alpha value is -2.14. The fraction of sp³-hybridized carbons (Fsp3) is 0.500. The maximum Gasteiger partial charge on any atom is 0.415 e. The van der Waals surface area contributed by atoms with E-state index < -0.39 is 5.66 Å². The number of benzene rings is 1. The first-order chi connectivity index (χ1) is 12.1. The average Bonchev–Trinajstić information content (AvgIpc) is 3.09. The normalized spacial score (nSPS) is 37.2. The van der Waals surface area contributed by atoms with Crippen LogP contribution in [0.4, 0.5) is 10.5 Å². The van der Waals surface area contributed by atoms with Crippen LogP contribution in [0.2, 0.25) is 0 Å². The molecule has 1 aliphatic carbocycles. The van der Waals surface area contributed by atoms with Gasteiger partial charge in [0.15, 0.2) is 0 Å². The largest absolute Gasteiger partial charge is 0.452 e. The van der Waals surface area contributed by atoms with Crippen molar-refractivity contribution in [3.63, 3.8) is 0 Å². The molecule has 25 heavy (non-hydrogen) atoms. The minimum absolute atomic E-state index is 0.0751. The Balaban J connectivity index is 1.80. The fourth-order valence-corrected chi connectivity index (χ4v) is 6.06. The van der Waals surface area contributed by atoms with Crippen molar-refractivity contribution in [2.75, 3.05) is 25.1 Å². The Labute approximate surface area is 147 Å². The van der Waals surface area contributed by atoms with Gasteiger partial charge in [-0.15, -0.1) is 0 Å². The number of anilines is 1. The summed E-state index contributed by atoms with van der Waals surface area (Å²) in [5.74, 6) is 0.251. The summed E-state index contributed by atoms with van der Waals surface area (Å²) in [6, 6.07) is 8.07. The molecule has 5 rings (SSSR count). The molecule has 3 aliphatic heterocycles. The molecule has 4 aliphatic rings. The van der Waals surface area contributed by atoms with Gasteiger partial charge in [0, 0.05) is 30.8 Å². The Bertz CT molecular complexity index is 832. The summed E-state index contributed by atoms with van der Waals surface area (Å²) in [6.45, 7) is 3.68. The number of amides is 1. The highest BCUT2D eigenvalue weighted by Crippen LogP contribution is 2.66. The number of carbonyl (C=O) groups is 2. The molecule has 5 heteroatoms. The molecule has 1 aromatic carbocycles. The van der Waals surface area contributed by atoms with Crippen molar-refractivity contribution in [1.82, 2.24) is 4.90 Å². The third-order valence-corrected chi connectivity index (χ3v) is 7.03. The minimum Gasteiger partial charge on any atom is -0.452 e. The third-order valence-electron chi connectivity index (χ3n) is 7.03. The first kappa shape index (κ1) is 15.1. The summed E-state index contributed by atoms with van der Waals surface area (Å²) in [5, 5.41) is 0. The molecule has 0 aromatic heterocycles. The van der Waals surface area contributed by atoms with Crippen molar-refractivity contribution >= 4 is 17.6 Å². The topological polar surface area (TPSA) is 49.9 Å². The van der Waals surface area contributed by atoms with Crippen molar-refractivity contribution in [3.05, 3.63) is 41.5 Å². The average molecular weight is 338 g/mol. The van der Waals surface area contributed by atoms with Crippen LogP contribution in [-0.4, -0.2) is 42.6 Å². The highest BCUT2D eigenvalue weighted by atomic mass is 16.5. The second kappa shape index (κ2) is 4.73. The lowest BCUT2D eigenvalue weighted by atomic mass is 9.58. The molecule has 2 saturated heterocycles. The van der Waals surface area contributed by atoms with E-state index in [1.807, 2.05) is 30.0 Å². The monoisotopic (exact) mass is 338 g/mol. The molecule has 3 atom stereocenters. The van der Waals surface area contributed by atoms with Gasteiger partial charge >= 0.3 is 6.09 Å². The molecule has 130 valence electrons. The van der Waals surface area contributed by atoms with Crippen molar-refractivity contribution in [3.8, 4) is 0 Å². The maximum atomic E-state index is 13.1. The Kier molecular flexibility index (Phi) is 2.86. The van der Waals surface area contributed by atoms with Gasteiger partial charge in [-0.05, 0) is 37.0 Å². The van der Waals surface area contributed by atoms with E-state index in [1.165, 1.54) is 12.7 Å². The lowest BCUT2D eigenvalue weighted by Gasteiger charge is -2.57. The molecule has 0 unspecified atom stereocenters. The predicted molar refractivity (Wildman–Crippen MR) is 93.4 cm³/mol. The van der Waals surface area contributed by atoms with Gasteiger partial charge in [-0.3, -0.25) is 14.6 Å². The number of rotatable bonds is 0. The highest BCUT2D eigenvalue weighted by Gasteiger charge is 2.74. The molecule has 1 spiro atoms. The number of piperidine rings is 1. The fourth-order valence-electron chi connectivity index (χ4n) is 6.06. The number of nitrogens with zero attached hydrogens (tertiary/aromatic N) is 2. The molecule has 0 N–H and O–H groups in total. The number of ketones is 1. The van der Waals surface area contributed by atoms with Crippen molar-refractivity contribution in [1.29, 1.82) is 0 Å². The third kappa shape index (κ3) is 1.50. The zero-order valence-electron chi connectivity index (χ0n) is 14.6. The van der Waals surface area contributed by atoms with Crippen molar-refractivity contribution in [2.24, 2.45) is 5.92 Å². The van der Waals surface area contributed by atoms with E-state index in [2.05, 4.69) is 17.0 Å². The van der Waals surface area contributed by atoms with Gasteiger partial charge in [-0.2, -0.15) is 0 Å². The lowest BCUT2D eigenvalue weighted by molar-refractivity contribution is -0.131. The van der Waals surface area contributed by atoms with Crippen LogP contribution in [0.1, 0.15) is 31.7 Å². The molecular formula is C20H22N2O3. The second-order valence-electron chi connectivity index (χ2n) is 7.66. The van der Waals surface area contributed by atoms with Crippen LogP contribution in [-0.2, 0) is 14.9 Å². The molecule has 1 saturated carbocycles. The van der Waals surface area contributed by atoms with E-state index in [1.54, 1.807) is 0 Å². The lowest BCUT2D eigenvalue weighted by Crippen LogP contribution is -2.71. The summed E-state index contributed by atoms with van der Waals surface area (Å²) in [7, 11) is 1.44. The van der Waals surface area contributed by atoms with E-state index in [-0.39, 0.29) is 17.4 Å². The summed E-state index contributed by atoms with van der Waals surface area (Å²) >= 11 is 0. The van der Waals surface area contributed by atoms with Crippen molar-refractivity contribution < 1.29 is 14.3 Å². The first-order valence-electron chi connectivity index (χ1n) is 8.99. The number of fused-ring (bicyclic) bond motifs is 2. The second-order valence-corrected chi connectivity index (χ2v) is 7.66. The number of allylic oxidation sites excluding steroid dienone is 1. The van der Waals surface area contributed by atoms with Crippen LogP contribution in [0.5, 0.6) is 0 Å². The predicted octanol–water partition coefficient (Wildman–Crippen LogP) is 2.85. The Morgan fingerprint density at radius 3 is 2.92 bits per heavy atom. The number of para-hydroxylation sites is 1. The SMILES string of the molecule is C/C=C1/CN2CC[C@]34CC(=O)[C@H]1C[C@]23N(C(=O)OC)c1ccccc14. The molecule has 5 nitrogen and oxygen atoms in total. The van der Waals surface area contributed by atoms with Crippen molar-refractivity contribution in [2.45, 2.75) is 37.3 Å². The van der Waals surface area contributed by atoms with Gasteiger partial charge in [0.2, 0.25) is 0 Å². The molecular weight excluding hydrogens is 316 g/mol. The van der Waals surface area contributed by atoms with Gasteiger partial charge < -0.3 is 4.74 Å². The van der Waals surface area contributed by atoms with E-state index in [4.69, 9.17) is 4.74 Å². The summed E-state index contributed by atoms with van der Waals surface area (Å²) in [6.07, 6.45) is 3.86. The molecule has 0 radical (unpaired) electrons. The van der Waals surface area contributed by atoms with Gasteiger partial charge in [-0.25, -0.2) is 4.79 Å². The van der Waals surface area contributed by atoms with E-state index >= 15 is 0 Å². The summed E-state index contributed by atoms with van der Waals surface area (Å²) in [5.41, 5.74) is 2.49. The molecule has 1 amide bonds. The summed E-state index contributed by atoms with van der Waals surface area (Å²) in [4.78, 5) is 30.2. The van der Waals surface area contributed by atoms with Gasteiger partial charge in [0.1, 0.15) is 11.4 Å². The first-order valence-corrected chi connectivity index (χ1v) is 8.99. The van der Waals surface area contributed by atoms with Gasteiger partial charge in [0.05, 0.1) is 12.8 Å². The van der Waals surface area contributed by atoms with Crippen LogP contribution >= 0.6 is 0 Å². The number of hydrogen-bond acceptors (Lipinski definition) is 4. The standard InChI is InChI=1S/C20H22N2O3/c1-3-13-12-21-9-8-19-11-17(23)14(13)10-20(19,21)22(18(24)25-2)16-7-5-4-6-15(16)19/h3-7,14H,8-12H2,1-2H3/b13-3-/t14-,19+,20+/m0/s1. The van der Waals surface area contributed by atoms with Crippen LogP contribution in [0.15, 0.2) is 35.9 Å². The van der Waals surface area contributed by atoms with E-state index in [9.17, 15) is 9.59 Å². The highest BCUT2D eigenvalue weighted by molar-refractivity contribution is 5.98. The Morgan fingerprint density at radius 2 is 2.16 bits per heavy atom. The van der Waals surface area contributed by atoms with Crippen LogP contribution in [0.25, 0.3) is 0 Å². The van der Waals surface area contributed by atoms with E-state index in [0.717, 1.165) is 30.8 Å². The van der Waals surface area contributed by atoms with Gasteiger partial charge in [-0.1, -0.05) is 24.3 Å². The number of methoxy groups -OCH3 is 1. The quantitative estimate of drug-likeness (QED) is 0.683. The van der Waals surface area contributed by atoms with Gasteiger partial charge in [0.25, 0.3) is 0 Å². The zero-order valence-corrected chi connectivity index (χ0v) is 14.6. The smallest absolute Gasteiger partial charge is 0.415 e. The number of ether oxygens (including phenoxy) is 1.